The van der Waals surface area contributed by atoms with Crippen LogP contribution in [0.15, 0.2) is 0 Å². The zero-order chi connectivity index (χ0) is 9.90. The molecule has 1 rings (SSSR count). The van der Waals surface area contributed by atoms with Crippen molar-refractivity contribution in [1.82, 2.24) is 0 Å². The Kier molecular flexibility index (Phi) is 3.80. The topological polar surface area (TPSA) is 78.9 Å². The summed E-state index contributed by atoms with van der Waals surface area (Å²) in [4.78, 5) is 0. The van der Waals surface area contributed by atoms with Crippen molar-refractivity contribution in [1.29, 1.82) is 0 Å². The van der Waals surface area contributed by atoms with Crippen molar-refractivity contribution >= 4 is 21.5 Å². The molecule has 78 valence electrons. The lowest BCUT2D eigenvalue weighted by Gasteiger charge is -2.04. The molecule has 0 aromatic heterocycles. The van der Waals surface area contributed by atoms with Gasteiger partial charge in [0.05, 0.1) is 13.2 Å². The third-order valence-electron chi connectivity index (χ3n) is 1.25. The maximum Gasteiger partial charge on any atom is 0.304 e. The lowest BCUT2D eigenvalue weighted by atomic mass is 10.5. The van der Waals surface area contributed by atoms with E-state index in [0.717, 1.165) is 0 Å². The predicted octanol–water partition coefficient (Wildman–Crippen LogP) is -0.653. The molecule has 2 unspecified atom stereocenters. The van der Waals surface area contributed by atoms with Gasteiger partial charge >= 0.3 is 11.4 Å². The summed E-state index contributed by atoms with van der Waals surface area (Å²) in [5, 5.41) is 0. The second kappa shape index (κ2) is 4.47. The molecule has 0 amide bonds. The number of hydrogen-bond acceptors (Lipinski definition) is 6. The van der Waals surface area contributed by atoms with E-state index in [-0.39, 0.29) is 19.0 Å². The van der Waals surface area contributed by atoms with E-state index in [1.54, 1.807) is 6.92 Å². The van der Waals surface area contributed by atoms with Crippen molar-refractivity contribution in [2.75, 3.05) is 19.0 Å². The van der Waals surface area contributed by atoms with E-state index in [1.807, 2.05) is 0 Å². The van der Waals surface area contributed by atoms with E-state index in [4.69, 9.17) is 4.18 Å². The van der Waals surface area contributed by atoms with Crippen LogP contribution in [0.3, 0.4) is 0 Å². The molecule has 0 aromatic carbocycles. The van der Waals surface area contributed by atoms with E-state index in [0.29, 0.717) is 0 Å². The van der Waals surface area contributed by atoms with Gasteiger partial charge in [-0.15, -0.1) is 0 Å². The SMILES string of the molecule is CCOS(=O)OC1COS(=O)(=O)C1. The van der Waals surface area contributed by atoms with Gasteiger partial charge in [-0.3, -0.25) is 12.5 Å². The molecule has 1 aliphatic heterocycles. The second-order valence-electron chi connectivity index (χ2n) is 2.34. The Bertz CT molecular complexity index is 283. The normalized spacial score (nSPS) is 28.8. The summed E-state index contributed by atoms with van der Waals surface area (Å²) in [6, 6.07) is 0. The van der Waals surface area contributed by atoms with Crippen molar-refractivity contribution in [3.8, 4) is 0 Å². The molecule has 0 N–H and O–H groups in total. The molecule has 2 atom stereocenters. The van der Waals surface area contributed by atoms with Gasteiger partial charge in [0.1, 0.15) is 11.9 Å². The smallest absolute Gasteiger partial charge is 0.269 e. The van der Waals surface area contributed by atoms with E-state index in [9.17, 15) is 12.6 Å². The van der Waals surface area contributed by atoms with Gasteiger partial charge in [-0.2, -0.15) is 12.6 Å². The van der Waals surface area contributed by atoms with Crippen molar-refractivity contribution in [2.45, 2.75) is 13.0 Å². The van der Waals surface area contributed by atoms with Crippen molar-refractivity contribution in [3.05, 3.63) is 0 Å². The van der Waals surface area contributed by atoms with Crippen LogP contribution in [0.4, 0.5) is 0 Å². The first kappa shape index (κ1) is 11.1. The molecule has 1 fully saturated rings. The molecule has 1 saturated heterocycles. The van der Waals surface area contributed by atoms with E-state index < -0.39 is 27.6 Å². The summed E-state index contributed by atoms with van der Waals surface area (Å²) in [6.07, 6.45) is -0.697. The number of hydrogen-bond donors (Lipinski definition) is 0. The quantitative estimate of drug-likeness (QED) is 0.597. The average Bonchev–Trinajstić information content (AvgIpc) is 2.30. The molecule has 0 aliphatic carbocycles. The second-order valence-corrected chi connectivity index (χ2v) is 4.86. The van der Waals surface area contributed by atoms with Gasteiger partial charge in [0.15, 0.2) is 0 Å². The monoisotopic (exact) mass is 230 g/mol. The van der Waals surface area contributed by atoms with Crippen LogP contribution in [0, 0.1) is 0 Å². The maximum absolute atomic E-state index is 10.8. The summed E-state index contributed by atoms with van der Waals surface area (Å²) < 4.78 is 46.0. The fourth-order valence-corrected chi connectivity index (χ4v) is 2.55. The highest BCUT2D eigenvalue weighted by Gasteiger charge is 2.31. The average molecular weight is 230 g/mol. The van der Waals surface area contributed by atoms with Gasteiger partial charge in [-0.1, -0.05) is 0 Å². The van der Waals surface area contributed by atoms with Crippen LogP contribution in [0.2, 0.25) is 0 Å². The lowest BCUT2D eigenvalue weighted by molar-refractivity contribution is 0.168. The Labute approximate surface area is 79.2 Å². The van der Waals surface area contributed by atoms with Gasteiger partial charge < -0.3 is 0 Å². The molecule has 0 spiro atoms. The fraction of sp³-hybridized carbons (Fsp3) is 1.00. The lowest BCUT2D eigenvalue weighted by Crippen LogP contribution is -2.19. The van der Waals surface area contributed by atoms with Gasteiger partial charge in [-0.25, -0.2) is 0 Å². The Hall–Kier alpha value is -0.0200. The maximum atomic E-state index is 10.8. The zero-order valence-corrected chi connectivity index (χ0v) is 8.60. The van der Waals surface area contributed by atoms with Crippen LogP contribution >= 0.6 is 0 Å². The minimum absolute atomic E-state index is 0.0961. The summed E-state index contributed by atoms with van der Waals surface area (Å²) in [6.45, 7) is 1.80. The molecular formula is C5H10O6S2. The third-order valence-corrected chi connectivity index (χ3v) is 3.38. The highest BCUT2D eigenvalue weighted by atomic mass is 32.2. The molecule has 8 heteroatoms. The summed E-state index contributed by atoms with van der Waals surface area (Å²) in [7, 11) is -3.47. The standard InChI is InChI=1S/C5H10O6S2/c1-2-9-12(6)11-5-3-10-13(7,8)4-5/h5H,2-4H2,1H3. The Morgan fingerprint density at radius 1 is 1.62 bits per heavy atom. The van der Waals surface area contributed by atoms with Gasteiger partial charge in [0.25, 0.3) is 10.1 Å². The van der Waals surface area contributed by atoms with Crippen LogP contribution in [-0.2, 0) is 34.0 Å². The summed E-state index contributed by atoms with van der Waals surface area (Å²) in [5.74, 6) is -0.272. The molecular weight excluding hydrogens is 220 g/mol. The molecule has 0 radical (unpaired) electrons. The molecule has 13 heavy (non-hydrogen) atoms. The van der Waals surface area contributed by atoms with Crippen LogP contribution in [-0.4, -0.2) is 37.7 Å². The fourth-order valence-electron chi connectivity index (χ4n) is 0.794. The first-order valence-corrected chi connectivity index (χ1v) is 6.20. The Morgan fingerprint density at radius 2 is 2.31 bits per heavy atom. The van der Waals surface area contributed by atoms with Gasteiger partial charge in [-0.05, 0) is 6.92 Å². The van der Waals surface area contributed by atoms with Crippen molar-refractivity contribution in [3.63, 3.8) is 0 Å². The highest BCUT2D eigenvalue weighted by molar-refractivity contribution is 7.87. The molecule has 0 bridgehead atoms. The molecule has 6 nitrogen and oxygen atoms in total. The van der Waals surface area contributed by atoms with Crippen LogP contribution in [0.5, 0.6) is 0 Å². The zero-order valence-electron chi connectivity index (χ0n) is 6.96. The van der Waals surface area contributed by atoms with Crippen LogP contribution in [0.1, 0.15) is 6.92 Å². The summed E-state index contributed by atoms with van der Waals surface area (Å²) >= 11 is -1.89. The number of rotatable bonds is 4. The van der Waals surface area contributed by atoms with E-state index in [2.05, 4.69) is 8.37 Å². The van der Waals surface area contributed by atoms with Crippen LogP contribution in [0.25, 0.3) is 0 Å². The van der Waals surface area contributed by atoms with E-state index >= 15 is 0 Å². The summed E-state index contributed by atoms with van der Waals surface area (Å²) in [5.41, 5.74) is 0. The minimum Gasteiger partial charge on any atom is -0.269 e. The minimum atomic E-state index is -3.47. The predicted molar refractivity (Wildman–Crippen MR) is 44.4 cm³/mol. The Morgan fingerprint density at radius 3 is 2.77 bits per heavy atom. The molecule has 1 heterocycles. The van der Waals surface area contributed by atoms with Gasteiger partial charge in [0, 0.05) is 0 Å². The molecule has 1 aliphatic rings. The first-order chi connectivity index (χ1) is 6.03. The Balaban J connectivity index is 2.36. The third kappa shape index (κ3) is 3.69. The first-order valence-electron chi connectivity index (χ1n) is 3.63. The van der Waals surface area contributed by atoms with E-state index in [1.165, 1.54) is 0 Å². The van der Waals surface area contributed by atoms with Crippen molar-refractivity contribution in [2.24, 2.45) is 0 Å². The largest absolute Gasteiger partial charge is 0.304 e. The molecule has 0 aromatic rings. The highest BCUT2D eigenvalue weighted by Crippen LogP contribution is 2.12. The van der Waals surface area contributed by atoms with Crippen molar-refractivity contribution < 1.29 is 25.2 Å². The molecule has 0 saturated carbocycles. The van der Waals surface area contributed by atoms with Crippen LogP contribution < -0.4 is 0 Å². The van der Waals surface area contributed by atoms with Gasteiger partial charge in [0.2, 0.25) is 0 Å².